The van der Waals surface area contributed by atoms with Crippen LogP contribution in [0.15, 0.2) is 34.1 Å². The molecular formula is C19H19F2N5O5. The number of halogens is 2. The van der Waals surface area contributed by atoms with Gasteiger partial charge in [0.2, 0.25) is 0 Å². The molecule has 1 amide bonds. The van der Waals surface area contributed by atoms with Gasteiger partial charge in [0.1, 0.15) is 18.2 Å². The zero-order valence-electron chi connectivity index (χ0n) is 16.7. The predicted octanol–water partition coefficient (Wildman–Crippen LogP) is 0.0752. The quantitative estimate of drug-likeness (QED) is 0.525. The largest absolute Gasteiger partial charge is 0.464 e. The highest BCUT2D eigenvalue weighted by molar-refractivity contribution is 5.94. The van der Waals surface area contributed by atoms with Crippen molar-refractivity contribution in [3.05, 3.63) is 62.6 Å². The molecule has 1 aromatic carbocycles. The van der Waals surface area contributed by atoms with E-state index in [2.05, 4.69) is 10.3 Å². The fourth-order valence-corrected chi connectivity index (χ4v) is 2.94. The molecule has 12 heteroatoms. The van der Waals surface area contributed by atoms with Crippen LogP contribution in [-0.2, 0) is 30.2 Å². The summed E-state index contributed by atoms with van der Waals surface area (Å²) in [5, 5.41) is 2.35. The molecule has 0 atom stereocenters. The average Bonchev–Trinajstić information content (AvgIpc) is 3.14. The first-order valence-corrected chi connectivity index (χ1v) is 9.20. The minimum absolute atomic E-state index is 0.0726. The van der Waals surface area contributed by atoms with E-state index in [0.29, 0.717) is 6.07 Å². The normalized spacial score (nSPS) is 11.0. The Morgan fingerprint density at radius 2 is 1.90 bits per heavy atom. The van der Waals surface area contributed by atoms with Gasteiger partial charge in [0.05, 0.1) is 24.9 Å². The van der Waals surface area contributed by atoms with Crippen LogP contribution in [0.1, 0.15) is 16.8 Å². The number of amides is 1. The number of fused-ring (bicyclic) bond motifs is 1. The van der Waals surface area contributed by atoms with Gasteiger partial charge in [-0.05, 0) is 12.1 Å². The van der Waals surface area contributed by atoms with Gasteiger partial charge in [0.25, 0.3) is 11.5 Å². The van der Waals surface area contributed by atoms with E-state index in [-0.39, 0.29) is 42.8 Å². The second-order valence-electron chi connectivity index (χ2n) is 6.67. The van der Waals surface area contributed by atoms with Gasteiger partial charge in [-0.3, -0.25) is 23.5 Å². The Balaban J connectivity index is 1.51. The molecular weight excluding hydrogens is 416 g/mol. The number of aryl methyl sites for hydroxylation is 1. The third kappa shape index (κ3) is 4.52. The van der Waals surface area contributed by atoms with Gasteiger partial charge in [0.15, 0.2) is 11.2 Å². The van der Waals surface area contributed by atoms with Crippen LogP contribution in [0.5, 0.6) is 0 Å². The topological polar surface area (TPSA) is 117 Å². The molecule has 0 spiro atoms. The lowest BCUT2D eigenvalue weighted by Crippen LogP contribution is -2.37. The third-order valence-electron chi connectivity index (χ3n) is 4.60. The molecule has 0 saturated carbocycles. The molecule has 0 fully saturated rings. The zero-order valence-corrected chi connectivity index (χ0v) is 16.7. The summed E-state index contributed by atoms with van der Waals surface area (Å²) >= 11 is 0. The lowest BCUT2D eigenvalue weighted by molar-refractivity contribution is -0.143. The lowest BCUT2D eigenvalue weighted by Gasteiger charge is -2.08. The molecule has 2 aromatic heterocycles. The number of esters is 1. The number of rotatable bonds is 7. The van der Waals surface area contributed by atoms with Gasteiger partial charge in [-0.15, -0.1) is 0 Å². The summed E-state index contributed by atoms with van der Waals surface area (Å²) in [4.78, 5) is 52.0. The molecule has 0 saturated heterocycles. The highest BCUT2D eigenvalue weighted by Crippen LogP contribution is 2.09. The molecule has 0 aliphatic carbocycles. The Bertz CT molecular complexity index is 1280. The first kappa shape index (κ1) is 21.9. The number of hydrogen-bond acceptors (Lipinski definition) is 6. The third-order valence-corrected chi connectivity index (χ3v) is 4.60. The van der Waals surface area contributed by atoms with Crippen LogP contribution >= 0.6 is 0 Å². The Hall–Kier alpha value is -3.83. The van der Waals surface area contributed by atoms with Crippen molar-refractivity contribution < 1.29 is 23.1 Å². The highest BCUT2D eigenvalue weighted by Gasteiger charge is 2.15. The summed E-state index contributed by atoms with van der Waals surface area (Å²) in [6.45, 7) is -0.0508. The molecule has 2 heterocycles. The molecule has 164 valence electrons. The number of hydrogen-bond donors (Lipinski definition) is 1. The van der Waals surface area contributed by atoms with E-state index in [0.717, 1.165) is 16.7 Å². The summed E-state index contributed by atoms with van der Waals surface area (Å²) in [6, 6.07) is 2.55. The minimum atomic E-state index is -1.00. The summed E-state index contributed by atoms with van der Waals surface area (Å²) in [7, 11) is 2.85. The minimum Gasteiger partial charge on any atom is -0.464 e. The summed E-state index contributed by atoms with van der Waals surface area (Å²) in [6.07, 6.45) is 1.20. The predicted molar refractivity (Wildman–Crippen MR) is 104 cm³/mol. The fourth-order valence-electron chi connectivity index (χ4n) is 2.94. The number of nitrogens with zero attached hydrogens (tertiary/aromatic N) is 4. The fraction of sp³-hybridized carbons (Fsp3) is 0.316. The summed E-state index contributed by atoms with van der Waals surface area (Å²) < 4.78 is 35.2. The van der Waals surface area contributed by atoms with Crippen LogP contribution in [0.25, 0.3) is 11.2 Å². The standard InChI is InChI=1S/C19H19F2N5O5/c1-24-16-15(18(29)25(2)19(24)30)26(10-23-16)7-8-31-14(27)5-6-22-17(28)12-4-3-11(20)9-13(12)21/h3-4,9-10H,5-8H2,1-2H3,(H,22,28). The lowest BCUT2D eigenvalue weighted by atomic mass is 10.2. The maximum absolute atomic E-state index is 13.6. The Morgan fingerprint density at radius 1 is 1.16 bits per heavy atom. The number of ether oxygens (including phenoxy) is 1. The monoisotopic (exact) mass is 435 g/mol. The highest BCUT2D eigenvalue weighted by atomic mass is 19.1. The van der Waals surface area contributed by atoms with Gasteiger partial charge in [0, 0.05) is 26.7 Å². The van der Waals surface area contributed by atoms with Crippen LogP contribution in [0.4, 0.5) is 8.78 Å². The number of carbonyl (C=O) groups excluding carboxylic acids is 2. The average molecular weight is 435 g/mol. The van der Waals surface area contributed by atoms with E-state index in [9.17, 15) is 28.0 Å². The molecule has 0 radical (unpaired) electrons. The van der Waals surface area contributed by atoms with Gasteiger partial charge >= 0.3 is 11.7 Å². The SMILES string of the molecule is Cn1c(=O)c2c(ncn2CCOC(=O)CCNC(=O)c2ccc(F)cc2F)n(C)c1=O. The van der Waals surface area contributed by atoms with Crippen molar-refractivity contribution in [3.63, 3.8) is 0 Å². The van der Waals surface area contributed by atoms with Crippen LogP contribution < -0.4 is 16.6 Å². The number of nitrogens with one attached hydrogen (secondary N) is 1. The first-order valence-electron chi connectivity index (χ1n) is 9.20. The van der Waals surface area contributed by atoms with Crippen molar-refractivity contribution in [2.24, 2.45) is 14.1 Å². The van der Waals surface area contributed by atoms with E-state index in [4.69, 9.17) is 4.74 Å². The van der Waals surface area contributed by atoms with Crippen molar-refractivity contribution >= 4 is 23.0 Å². The van der Waals surface area contributed by atoms with Crippen LogP contribution in [0, 0.1) is 11.6 Å². The first-order chi connectivity index (χ1) is 14.7. The van der Waals surface area contributed by atoms with E-state index in [1.807, 2.05) is 0 Å². The van der Waals surface area contributed by atoms with E-state index >= 15 is 0 Å². The van der Waals surface area contributed by atoms with Crippen molar-refractivity contribution in [1.29, 1.82) is 0 Å². The van der Waals surface area contributed by atoms with Crippen LogP contribution in [0.2, 0.25) is 0 Å². The van der Waals surface area contributed by atoms with Gasteiger partial charge in [-0.1, -0.05) is 0 Å². The van der Waals surface area contributed by atoms with E-state index < -0.39 is 34.8 Å². The molecule has 1 N–H and O–H groups in total. The summed E-state index contributed by atoms with van der Waals surface area (Å²) in [5.41, 5.74) is -0.934. The number of benzene rings is 1. The van der Waals surface area contributed by atoms with Crippen molar-refractivity contribution in [2.45, 2.75) is 13.0 Å². The molecule has 0 aliphatic heterocycles. The van der Waals surface area contributed by atoms with E-state index in [1.54, 1.807) is 0 Å². The molecule has 10 nitrogen and oxygen atoms in total. The van der Waals surface area contributed by atoms with Crippen LogP contribution in [-0.4, -0.2) is 43.7 Å². The zero-order chi connectivity index (χ0) is 22.7. The molecule has 0 unspecified atom stereocenters. The van der Waals surface area contributed by atoms with Gasteiger partial charge in [-0.25, -0.2) is 18.6 Å². The van der Waals surface area contributed by atoms with Crippen molar-refractivity contribution in [2.75, 3.05) is 13.2 Å². The van der Waals surface area contributed by atoms with Crippen LogP contribution in [0.3, 0.4) is 0 Å². The molecule has 31 heavy (non-hydrogen) atoms. The molecule has 3 aromatic rings. The number of carbonyl (C=O) groups is 2. The van der Waals surface area contributed by atoms with Crippen molar-refractivity contribution in [3.8, 4) is 0 Å². The maximum atomic E-state index is 13.6. The molecule has 0 bridgehead atoms. The Kier molecular flexibility index (Phi) is 6.28. The summed E-state index contributed by atoms with van der Waals surface area (Å²) in [5.74, 6) is -3.21. The number of aromatic nitrogens is 4. The molecule has 3 rings (SSSR count). The number of imidazole rings is 1. The maximum Gasteiger partial charge on any atom is 0.332 e. The van der Waals surface area contributed by atoms with Gasteiger partial charge < -0.3 is 14.6 Å². The van der Waals surface area contributed by atoms with E-state index in [1.165, 1.54) is 29.6 Å². The second-order valence-corrected chi connectivity index (χ2v) is 6.67. The van der Waals surface area contributed by atoms with Gasteiger partial charge in [-0.2, -0.15) is 0 Å². The second kappa shape index (κ2) is 8.90. The Morgan fingerprint density at radius 3 is 2.61 bits per heavy atom. The molecule has 0 aliphatic rings. The van der Waals surface area contributed by atoms with Crippen molar-refractivity contribution in [1.82, 2.24) is 24.0 Å². The smallest absolute Gasteiger partial charge is 0.332 e. The Labute approximate surface area is 173 Å².